The Bertz CT molecular complexity index is 297. The normalized spacial score (nSPS) is 81.8. The van der Waals surface area contributed by atoms with Crippen LogP contribution in [0.1, 0.15) is 6.42 Å². The molecule has 6 rings (SSSR count). The molecule has 0 heterocycles. The van der Waals surface area contributed by atoms with E-state index in [0.29, 0.717) is 5.41 Å². The zero-order chi connectivity index (χ0) is 7.83. The number of hydrogen-bond acceptors (Lipinski definition) is 1. The average molecular weight is 161 g/mol. The number of rotatable bonds is 2. The molecule has 2 nitrogen and oxygen atoms in total. The smallest absolute Gasteiger partial charge is 0.218 e. The molecule has 0 aromatic rings. The highest BCUT2D eigenvalue weighted by atomic mass is 16.1. The number of amides is 1. The SMILES string of the molecule is NC(=O)CC12C3C4C5C3C1C5C42. The first-order valence-corrected chi connectivity index (χ1v) is 5.07. The molecule has 6 fully saturated rings. The summed E-state index contributed by atoms with van der Waals surface area (Å²) < 4.78 is 0. The maximum Gasteiger partial charge on any atom is 0.218 e. The van der Waals surface area contributed by atoms with Crippen LogP contribution in [0, 0.1) is 46.8 Å². The van der Waals surface area contributed by atoms with E-state index in [1.807, 2.05) is 0 Å². The molecule has 6 saturated carbocycles. The van der Waals surface area contributed by atoms with Crippen molar-refractivity contribution in [3.63, 3.8) is 0 Å². The van der Waals surface area contributed by atoms with Crippen LogP contribution in [0.25, 0.3) is 0 Å². The van der Waals surface area contributed by atoms with E-state index in [-0.39, 0.29) is 5.91 Å². The summed E-state index contributed by atoms with van der Waals surface area (Å²) >= 11 is 0. The van der Waals surface area contributed by atoms with E-state index in [0.717, 1.165) is 47.8 Å². The van der Waals surface area contributed by atoms with Crippen molar-refractivity contribution in [2.75, 3.05) is 0 Å². The minimum atomic E-state index is -0.0503. The van der Waals surface area contributed by atoms with Gasteiger partial charge in [-0.2, -0.15) is 0 Å². The highest BCUT2D eigenvalue weighted by molar-refractivity contribution is 5.77. The molecular weight excluding hydrogens is 150 g/mol. The highest BCUT2D eigenvalue weighted by Crippen LogP contribution is 3.06. The lowest BCUT2D eigenvalue weighted by Gasteiger charge is -3.08. The van der Waals surface area contributed by atoms with Gasteiger partial charge in [0.1, 0.15) is 0 Å². The van der Waals surface area contributed by atoms with Gasteiger partial charge in [-0.05, 0) is 46.8 Å². The fourth-order valence-electron chi connectivity index (χ4n) is 6.33. The standard InChI is InChI=1S/C10H11NO/c11-2(12)1-10-7-4-3-5(7)9(10)6(3)8(4)10/h3-9H,1H2,(H2,11,12). The Morgan fingerprint density at radius 3 is 2.00 bits per heavy atom. The van der Waals surface area contributed by atoms with Gasteiger partial charge < -0.3 is 5.73 Å². The van der Waals surface area contributed by atoms with Gasteiger partial charge in [0.15, 0.2) is 0 Å². The van der Waals surface area contributed by atoms with Crippen LogP contribution < -0.4 is 5.73 Å². The molecule has 0 aromatic carbocycles. The summed E-state index contributed by atoms with van der Waals surface area (Å²) in [5.74, 6) is 7.31. The van der Waals surface area contributed by atoms with Crippen molar-refractivity contribution in [1.29, 1.82) is 0 Å². The third-order valence-electron chi connectivity index (χ3n) is 6.16. The molecule has 0 radical (unpaired) electrons. The maximum atomic E-state index is 10.9. The monoisotopic (exact) mass is 161 g/mol. The van der Waals surface area contributed by atoms with Crippen molar-refractivity contribution in [3.05, 3.63) is 0 Å². The van der Waals surface area contributed by atoms with E-state index in [2.05, 4.69) is 0 Å². The van der Waals surface area contributed by atoms with Crippen molar-refractivity contribution in [2.24, 2.45) is 52.6 Å². The largest absolute Gasteiger partial charge is 0.370 e. The molecule has 62 valence electrons. The van der Waals surface area contributed by atoms with Gasteiger partial charge in [-0.1, -0.05) is 0 Å². The predicted octanol–water partition coefficient (Wildman–Crippen LogP) is 0.230. The van der Waals surface area contributed by atoms with Crippen molar-refractivity contribution in [3.8, 4) is 0 Å². The van der Waals surface area contributed by atoms with E-state index in [4.69, 9.17) is 5.73 Å². The minimum absolute atomic E-state index is 0.0503. The molecular formula is C10H11NO. The molecule has 1 amide bonds. The van der Waals surface area contributed by atoms with Crippen LogP contribution in [-0.4, -0.2) is 5.91 Å². The van der Waals surface area contributed by atoms with Crippen LogP contribution in [0.15, 0.2) is 0 Å². The zero-order valence-corrected chi connectivity index (χ0v) is 6.73. The Morgan fingerprint density at radius 2 is 1.58 bits per heavy atom. The first kappa shape index (κ1) is 5.25. The van der Waals surface area contributed by atoms with E-state index < -0.39 is 0 Å². The lowest BCUT2D eigenvalue weighted by molar-refractivity contribution is -0.613. The van der Waals surface area contributed by atoms with Gasteiger partial charge in [-0.25, -0.2) is 0 Å². The average Bonchev–Trinajstić information content (AvgIpc) is 2.04. The number of nitrogens with two attached hydrogens (primary N) is 1. The van der Waals surface area contributed by atoms with Crippen molar-refractivity contribution in [2.45, 2.75) is 6.42 Å². The Hall–Kier alpha value is -0.530. The van der Waals surface area contributed by atoms with Gasteiger partial charge in [-0.15, -0.1) is 0 Å². The lowest BCUT2D eigenvalue weighted by atomic mass is 8.96. The van der Waals surface area contributed by atoms with Crippen molar-refractivity contribution in [1.82, 2.24) is 0 Å². The third-order valence-corrected chi connectivity index (χ3v) is 6.16. The molecule has 0 saturated heterocycles. The van der Waals surface area contributed by atoms with Gasteiger partial charge >= 0.3 is 0 Å². The first-order chi connectivity index (χ1) is 5.78. The van der Waals surface area contributed by atoms with Crippen LogP contribution in [0.4, 0.5) is 0 Å². The first-order valence-electron chi connectivity index (χ1n) is 5.07. The number of primary amides is 1. The van der Waals surface area contributed by atoms with Crippen LogP contribution in [-0.2, 0) is 4.79 Å². The molecule has 12 heavy (non-hydrogen) atoms. The molecule has 0 aromatic heterocycles. The second-order valence-electron chi connectivity index (χ2n) is 5.64. The predicted molar refractivity (Wildman–Crippen MR) is 40.7 cm³/mol. The molecule has 0 aliphatic heterocycles. The van der Waals surface area contributed by atoms with Crippen LogP contribution in [0.2, 0.25) is 0 Å². The minimum Gasteiger partial charge on any atom is -0.370 e. The summed E-state index contributed by atoms with van der Waals surface area (Å²) in [6.45, 7) is 0. The lowest BCUT2D eigenvalue weighted by Crippen LogP contribution is -3.05. The van der Waals surface area contributed by atoms with E-state index in [1.54, 1.807) is 0 Å². The van der Waals surface area contributed by atoms with Gasteiger partial charge in [-0.3, -0.25) is 4.79 Å². The second kappa shape index (κ2) is 1.01. The molecule has 6 aliphatic carbocycles. The molecule has 2 heteroatoms. The van der Waals surface area contributed by atoms with Crippen LogP contribution >= 0.6 is 0 Å². The van der Waals surface area contributed by atoms with E-state index in [9.17, 15) is 4.79 Å². The summed E-state index contributed by atoms with van der Waals surface area (Å²) in [5, 5.41) is 0. The summed E-state index contributed by atoms with van der Waals surface area (Å²) in [6, 6.07) is 0. The van der Waals surface area contributed by atoms with Crippen LogP contribution in [0.3, 0.4) is 0 Å². The van der Waals surface area contributed by atoms with Gasteiger partial charge in [0.2, 0.25) is 5.91 Å². The summed E-state index contributed by atoms with van der Waals surface area (Å²) in [5.41, 5.74) is 5.81. The third kappa shape index (κ3) is 0.199. The highest BCUT2D eigenvalue weighted by Gasteiger charge is 3.03. The Labute approximate surface area is 70.5 Å². The summed E-state index contributed by atoms with van der Waals surface area (Å²) in [7, 11) is 0. The number of carbonyl (C=O) groups excluding carboxylic acids is 1. The fraction of sp³-hybridized carbons (Fsp3) is 0.900. The molecule has 2 N–H and O–H groups in total. The molecule has 0 bridgehead atoms. The summed E-state index contributed by atoms with van der Waals surface area (Å²) in [6.07, 6.45) is 0.725. The number of carbonyl (C=O) groups is 1. The van der Waals surface area contributed by atoms with Gasteiger partial charge in [0, 0.05) is 6.42 Å². The second-order valence-corrected chi connectivity index (χ2v) is 5.64. The molecule has 0 spiro atoms. The van der Waals surface area contributed by atoms with E-state index in [1.165, 1.54) is 0 Å². The Kier molecular flexibility index (Phi) is 0.443. The fourth-order valence-corrected chi connectivity index (χ4v) is 6.33. The van der Waals surface area contributed by atoms with Crippen LogP contribution in [0.5, 0.6) is 0 Å². The quantitative estimate of drug-likeness (QED) is 0.619. The Morgan fingerprint density at radius 1 is 1.08 bits per heavy atom. The van der Waals surface area contributed by atoms with Gasteiger partial charge in [0.25, 0.3) is 0 Å². The number of hydrogen-bond donors (Lipinski definition) is 1. The maximum absolute atomic E-state index is 10.9. The van der Waals surface area contributed by atoms with Gasteiger partial charge in [0.05, 0.1) is 0 Å². The molecule has 0 atom stereocenters. The van der Waals surface area contributed by atoms with E-state index >= 15 is 0 Å². The zero-order valence-electron chi connectivity index (χ0n) is 6.73. The molecule has 6 aliphatic rings. The van der Waals surface area contributed by atoms with Crippen molar-refractivity contribution >= 4 is 5.91 Å². The molecule has 0 unspecified atom stereocenters. The van der Waals surface area contributed by atoms with Crippen molar-refractivity contribution < 1.29 is 4.79 Å². The topological polar surface area (TPSA) is 43.1 Å². The Balaban J connectivity index is 1.60. The summed E-state index contributed by atoms with van der Waals surface area (Å²) in [4.78, 5) is 10.9.